The van der Waals surface area contributed by atoms with Crippen molar-refractivity contribution >= 4 is 5.69 Å². The van der Waals surface area contributed by atoms with Gasteiger partial charge in [-0.05, 0) is 38.5 Å². The zero-order chi connectivity index (χ0) is 13.1. The lowest BCUT2D eigenvalue weighted by Gasteiger charge is -2.09. The summed E-state index contributed by atoms with van der Waals surface area (Å²) in [4.78, 5) is 0. The molecule has 2 N–H and O–H groups in total. The van der Waals surface area contributed by atoms with Gasteiger partial charge >= 0.3 is 0 Å². The first-order chi connectivity index (χ1) is 8.58. The van der Waals surface area contributed by atoms with Gasteiger partial charge in [0.1, 0.15) is 12.4 Å². The Morgan fingerprint density at radius 3 is 2.78 bits per heavy atom. The van der Waals surface area contributed by atoms with E-state index in [1.54, 1.807) is 0 Å². The second-order valence-corrected chi connectivity index (χ2v) is 4.66. The standard InChI is InChI=1S/C14H19N3O/c1-10(2)17-8-7-12(16-17)9-18-13-6-4-5-11(3)14(13)15/h4-8,10H,9,15H2,1-3H3. The maximum absolute atomic E-state index is 5.95. The molecule has 96 valence electrons. The van der Waals surface area contributed by atoms with Gasteiger partial charge in [0.2, 0.25) is 0 Å². The quantitative estimate of drug-likeness (QED) is 0.843. The highest BCUT2D eigenvalue weighted by molar-refractivity contribution is 5.57. The number of anilines is 1. The average Bonchev–Trinajstić information content (AvgIpc) is 2.80. The highest BCUT2D eigenvalue weighted by atomic mass is 16.5. The maximum Gasteiger partial charge on any atom is 0.143 e. The summed E-state index contributed by atoms with van der Waals surface area (Å²) in [5, 5.41) is 4.43. The molecule has 0 unspecified atom stereocenters. The number of para-hydroxylation sites is 1. The molecule has 1 heterocycles. The fourth-order valence-electron chi connectivity index (χ4n) is 1.67. The predicted octanol–water partition coefficient (Wildman–Crippen LogP) is 2.93. The number of hydrogen-bond acceptors (Lipinski definition) is 3. The zero-order valence-corrected chi connectivity index (χ0v) is 11.1. The normalized spacial score (nSPS) is 10.9. The molecule has 2 rings (SSSR count). The van der Waals surface area contributed by atoms with Crippen LogP contribution < -0.4 is 10.5 Å². The molecule has 0 saturated carbocycles. The van der Waals surface area contributed by atoms with Crippen molar-refractivity contribution in [2.45, 2.75) is 33.4 Å². The van der Waals surface area contributed by atoms with Crippen molar-refractivity contribution in [1.29, 1.82) is 0 Å². The van der Waals surface area contributed by atoms with Crippen molar-refractivity contribution in [2.75, 3.05) is 5.73 Å². The minimum atomic E-state index is 0.364. The highest BCUT2D eigenvalue weighted by Crippen LogP contribution is 2.25. The van der Waals surface area contributed by atoms with Crippen LogP contribution in [0.5, 0.6) is 5.75 Å². The van der Waals surface area contributed by atoms with Gasteiger partial charge in [-0.15, -0.1) is 0 Å². The Balaban J connectivity index is 2.04. The van der Waals surface area contributed by atoms with Gasteiger partial charge in [0.05, 0.1) is 11.4 Å². The molecule has 1 aromatic carbocycles. The van der Waals surface area contributed by atoms with Crippen LogP contribution in [0.3, 0.4) is 0 Å². The van der Waals surface area contributed by atoms with Crippen LogP contribution in [0.25, 0.3) is 0 Å². The molecule has 0 spiro atoms. The third kappa shape index (κ3) is 2.64. The number of aromatic nitrogens is 2. The van der Waals surface area contributed by atoms with Crippen LogP contribution in [0.2, 0.25) is 0 Å². The number of benzene rings is 1. The van der Waals surface area contributed by atoms with Crippen molar-refractivity contribution in [3.05, 3.63) is 41.7 Å². The van der Waals surface area contributed by atoms with Gasteiger partial charge in [0.25, 0.3) is 0 Å². The number of aryl methyl sites for hydroxylation is 1. The van der Waals surface area contributed by atoms with Crippen LogP contribution in [0.15, 0.2) is 30.5 Å². The molecule has 0 aliphatic rings. The summed E-state index contributed by atoms with van der Waals surface area (Å²) < 4.78 is 7.61. The van der Waals surface area contributed by atoms with Crippen molar-refractivity contribution in [2.24, 2.45) is 0 Å². The fraction of sp³-hybridized carbons (Fsp3) is 0.357. The molecule has 18 heavy (non-hydrogen) atoms. The number of nitrogens with zero attached hydrogens (tertiary/aromatic N) is 2. The average molecular weight is 245 g/mol. The van der Waals surface area contributed by atoms with E-state index < -0.39 is 0 Å². The van der Waals surface area contributed by atoms with E-state index in [-0.39, 0.29) is 0 Å². The minimum Gasteiger partial charge on any atom is -0.485 e. The number of nitrogen functional groups attached to an aromatic ring is 1. The van der Waals surface area contributed by atoms with Crippen molar-refractivity contribution < 1.29 is 4.74 Å². The molecular formula is C14H19N3O. The molecule has 0 atom stereocenters. The smallest absolute Gasteiger partial charge is 0.143 e. The first-order valence-electron chi connectivity index (χ1n) is 6.10. The number of nitrogens with two attached hydrogens (primary N) is 1. The van der Waals surface area contributed by atoms with Gasteiger partial charge in [-0.2, -0.15) is 5.10 Å². The van der Waals surface area contributed by atoms with Crippen LogP contribution in [-0.2, 0) is 6.61 Å². The van der Waals surface area contributed by atoms with Crippen molar-refractivity contribution in [1.82, 2.24) is 9.78 Å². The maximum atomic E-state index is 5.95. The van der Waals surface area contributed by atoms with E-state index in [0.29, 0.717) is 24.1 Å². The monoisotopic (exact) mass is 245 g/mol. The van der Waals surface area contributed by atoms with Crippen LogP contribution in [-0.4, -0.2) is 9.78 Å². The molecule has 0 amide bonds. The molecule has 0 fully saturated rings. The molecule has 2 aromatic rings. The number of ether oxygens (including phenoxy) is 1. The SMILES string of the molecule is Cc1cccc(OCc2ccn(C(C)C)n2)c1N. The van der Waals surface area contributed by atoms with E-state index in [1.165, 1.54) is 0 Å². The molecule has 0 bridgehead atoms. The van der Waals surface area contributed by atoms with E-state index in [1.807, 2.05) is 42.1 Å². The summed E-state index contributed by atoms with van der Waals surface area (Å²) in [7, 11) is 0. The largest absolute Gasteiger partial charge is 0.485 e. The second-order valence-electron chi connectivity index (χ2n) is 4.66. The summed E-state index contributed by atoms with van der Waals surface area (Å²) in [6.07, 6.45) is 1.96. The lowest BCUT2D eigenvalue weighted by molar-refractivity contribution is 0.300. The number of hydrogen-bond donors (Lipinski definition) is 1. The van der Waals surface area contributed by atoms with Gasteiger partial charge in [0, 0.05) is 12.2 Å². The lowest BCUT2D eigenvalue weighted by Crippen LogP contribution is -2.04. The molecular weight excluding hydrogens is 226 g/mol. The van der Waals surface area contributed by atoms with Crippen LogP contribution >= 0.6 is 0 Å². The Morgan fingerprint density at radius 2 is 2.11 bits per heavy atom. The van der Waals surface area contributed by atoms with E-state index in [9.17, 15) is 0 Å². The van der Waals surface area contributed by atoms with Gasteiger partial charge in [-0.25, -0.2) is 0 Å². The highest BCUT2D eigenvalue weighted by Gasteiger charge is 2.05. The Morgan fingerprint density at radius 1 is 1.33 bits per heavy atom. The fourth-order valence-corrected chi connectivity index (χ4v) is 1.67. The summed E-state index contributed by atoms with van der Waals surface area (Å²) in [5.74, 6) is 0.717. The predicted molar refractivity (Wildman–Crippen MR) is 72.5 cm³/mol. The molecule has 0 aliphatic heterocycles. The Kier molecular flexibility index (Phi) is 3.55. The van der Waals surface area contributed by atoms with E-state index >= 15 is 0 Å². The summed E-state index contributed by atoms with van der Waals surface area (Å²) in [5.41, 5.74) is 8.58. The minimum absolute atomic E-state index is 0.364. The molecule has 0 radical (unpaired) electrons. The van der Waals surface area contributed by atoms with Crippen LogP contribution in [0.1, 0.15) is 31.1 Å². The molecule has 4 heteroatoms. The van der Waals surface area contributed by atoms with E-state index in [0.717, 1.165) is 11.3 Å². The molecule has 4 nitrogen and oxygen atoms in total. The molecule has 0 saturated heterocycles. The summed E-state index contributed by atoms with van der Waals surface area (Å²) in [6, 6.07) is 8.11. The Hall–Kier alpha value is -1.97. The van der Waals surface area contributed by atoms with E-state index in [2.05, 4.69) is 18.9 Å². The van der Waals surface area contributed by atoms with Gasteiger partial charge in [-0.1, -0.05) is 12.1 Å². The topological polar surface area (TPSA) is 53.1 Å². The zero-order valence-electron chi connectivity index (χ0n) is 11.1. The van der Waals surface area contributed by atoms with Gasteiger partial charge < -0.3 is 10.5 Å². The number of rotatable bonds is 4. The van der Waals surface area contributed by atoms with Gasteiger partial charge in [-0.3, -0.25) is 4.68 Å². The Bertz CT molecular complexity index is 532. The molecule has 1 aromatic heterocycles. The van der Waals surface area contributed by atoms with Crippen LogP contribution in [0.4, 0.5) is 5.69 Å². The summed E-state index contributed by atoms with van der Waals surface area (Å²) >= 11 is 0. The van der Waals surface area contributed by atoms with E-state index in [4.69, 9.17) is 10.5 Å². The first-order valence-corrected chi connectivity index (χ1v) is 6.10. The van der Waals surface area contributed by atoms with Crippen LogP contribution in [0, 0.1) is 6.92 Å². The summed E-state index contributed by atoms with van der Waals surface area (Å²) in [6.45, 7) is 6.59. The Labute approximate surface area is 107 Å². The lowest BCUT2D eigenvalue weighted by atomic mass is 10.2. The van der Waals surface area contributed by atoms with Gasteiger partial charge in [0.15, 0.2) is 0 Å². The molecule has 0 aliphatic carbocycles. The van der Waals surface area contributed by atoms with Crippen molar-refractivity contribution in [3.63, 3.8) is 0 Å². The third-order valence-corrected chi connectivity index (χ3v) is 2.85. The second kappa shape index (κ2) is 5.12. The third-order valence-electron chi connectivity index (χ3n) is 2.85. The first kappa shape index (κ1) is 12.5. The van der Waals surface area contributed by atoms with Crippen molar-refractivity contribution in [3.8, 4) is 5.75 Å².